The van der Waals surface area contributed by atoms with Gasteiger partial charge in [-0.3, -0.25) is 4.79 Å². The molecule has 0 unspecified atom stereocenters. The molecule has 0 saturated heterocycles. The normalized spacial score (nSPS) is 12.6. The molecule has 1 aromatic heterocycles. The van der Waals surface area contributed by atoms with Crippen molar-refractivity contribution in [1.82, 2.24) is 9.88 Å². The molecule has 0 atom stereocenters. The lowest BCUT2D eigenvalue weighted by Crippen LogP contribution is -2.44. The van der Waals surface area contributed by atoms with Gasteiger partial charge in [-0.15, -0.1) is 0 Å². The Labute approximate surface area is 128 Å². The van der Waals surface area contributed by atoms with Gasteiger partial charge in [0.1, 0.15) is 11.4 Å². The summed E-state index contributed by atoms with van der Waals surface area (Å²) in [5.41, 5.74) is 0.00602. The SMILES string of the molecule is CC(C)(CCC(=O)O)NS(=O)(=O)Cc1noc2ccccc12. The van der Waals surface area contributed by atoms with E-state index in [4.69, 9.17) is 9.63 Å². The molecule has 0 amide bonds. The van der Waals surface area contributed by atoms with Crippen LogP contribution in [-0.4, -0.2) is 30.2 Å². The third-order valence-corrected chi connectivity index (χ3v) is 4.69. The first-order chi connectivity index (χ1) is 10.2. The van der Waals surface area contributed by atoms with Gasteiger partial charge in [-0.05, 0) is 32.4 Å². The highest BCUT2D eigenvalue weighted by molar-refractivity contribution is 7.88. The zero-order valence-corrected chi connectivity index (χ0v) is 13.2. The first kappa shape index (κ1) is 16.4. The number of carboxylic acid groups (broad SMARTS) is 1. The number of para-hydroxylation sites is 1. The lowest BCUT2D eigenvalue weighted by molar-refractivity contribution is -0.137. The van der Waals surface area contributed by atoms with Gasteiger partial charge in [0.2, 0.25) is 10.0 Å². The van der Waals surface area contributed by atoms with E-state index < -0.39 is 21.5 Å². The second-order valence-electron chi connectivity index (χ2n) is 5.76. The minimum absolute atomic E-state index is 0.109. The van der Waals surface area contributed by atoms with Gasteiger partial charge in [-0.1, -0.05) is 17.3 Å². The molecule has 1 aromatic carbocycles. The number of carboxylic acids is 1. The first-order valence-corrected chi connectivity index (χ1v) is 8.40. The molecule has 2 aromatic rings. The van der Waals surface area contributed by atoms with E-state index in [1.807, 2.05) is 0 Å². The van der Waals surface area contributed by atoms with E-state index in [0.29, 0.717) is 16.7 Å². The molecule has 0 saturated carbocycles. The van der Waals surface area contributed by atoms with E-state index in [0.717, 1.165) is 0 Å². The molecule has 7 nitrogen and oxygen atoms in total. The maximum atomic E-state index is 12.3. The largest absolute Gasteiger partial charge is 0.481 e. The molecule has 22 heavy (non-hydrogen) atoms. The number of nitrogens with zero attached hydrogens (tertiary/aromatic N) is 1. The molecular weight excluding hydrogens is 308 g/mol. The molecule has 2 N–H and O–H groups in total. The number of fused-ring (bicyclic) bond motifs is 1. The van der Waals surface area contributed by atoms with Crippen molar-refractivity contribution in [2.45, 2.75) is 38.0 Å². The molecule has 0 radical (unpaired) electrons. The van der Waals surface area contributed by atoms with Crippen LogP contribution in [0.4, 0.5) is 0 Å². The van der Waals surface area contributed by atoms with Crippen LogP contribution < -0.4 is 4.72 Å². The van der Waals surface area contributed by atoms with Gasteiger partial charge in [0.05, 0.1) is 0 Å². The van der Waals surface area contributed by atoms with Crippen LogP contribution in [0, 0.1) is 0 Å². The van der Waals surface area contributed by atoms with Crippen molar-refractivity contribution in [1.29, 1.82) is 0 Å². The maximum absolute atomic E-state index is 12.3. The van der Waals surface area contributed by atoms with Gasteiger partial charge >= 0.3 is 5.97 Å². The lowest BCUT2D eigenvalue weighted by Gasteiger charge is -2.25. The third-order valence-electron chi connectivity index (χ3n) is 3.17. The van der Waals surface area contributed by atoms with Crippen molar-refractivity contribution >= 4 is 27.0 Å². The van der Waals surface area contributed by atoms with Crippen LogP contribution in [0.3, 0.4) is 0 Å². The molecule has 0 aliphatic carbocycles. The number of hydrogen-bond donors (Lipinski definition) is 2. The number of aliphatic carboxylic acids is 1. The van der Waals surface area contributed by atoms with Gasteiger partial charge < -0.3 is 9.63 Å². The van der Waals surface area contributed by atoms with E-state index in [-0.39, 0.29) is 18.6 Å². The summed E-state index contributed by atoms with van der Waals surface area (Å²) < 4.78 is 32.1. The van der Waals surface area contributed by atoms with E-state index >= 15 is 0 Å². The summed E-state index contributed by atoms with van der Waals surface area (Å²) in [5, 5.41) is 13.1. The number of sulfonamides is 1. The van der Waals surface area contributed by atoms with Gasteiger partial charge in [-0.2, -0.15) is 0 Å². The Morgan fingerprint density at radius 2 is 2.05 bits per heavy atom. The molecule has 8 heteroatoms. The predicted molar refractivity (Wildman–Crippen MR) is 80.7 cm³/mol. The molecule has 0 bridgehead atoms. The zero-order valence-electron chi connectivity index (χ0n) is 12.4. The van der Waals surface area contributed by atoms with Crippen molar-refractivity contribution in [3.05, 3.63) is 30.0 Å². The summed E-state index contributed by atoms with van der Waals surface area (Å²) in [6, 6.07) is 7.01. The van der Waals surface area contributed by atoms with Crippen molar-refractivity contribution in [3.63, 3.8) is 0 Å². The Morgan fingerprint density at radius 1 is 1.36 bits per heavy atom. The number of rotatable bonds is 7. The molecule has 0 fully saturated rings. The molecule has 0 aliphatic rings. The minimum Gasteiger partial charge on any atom is -0.481 e. The smallest absolute Gasteiger partial charge is 0.303 e. The summed E-state index contributed by atoms with van der Waals surface area (Å²) in [7, 11) is -3.67. The second-order valence-corrected chi connectivity index (χ2v) is 7.49. The van der Waals surface area contributed by atoms with Crippen molar-refractivity contribution < 1.29 is 22.8 Å². The van der Waals surface area contributed by atoms with E-state index in [9.17, 15) is 13.2 Å². The maximum Gasteiger partial charge on any atom is 0.303 e. The van der Waals surface area contributed by atoms with Crippen LogP contribution in [0.15, 0.2) is 28.8 Å². The lowest BCUT2D eigenvalue weighted by atomic mass is 10.0. The number of aromatic nitrogens is 1. The van der Waals surface area contributed by atoms with Crippen LogP contribution in [0.25, 0.3) is 11.0 Å². The van der Waals surface area contributed by atoms with E-state index in [2.05, 4.69) is 9.88 Å². The van der Waals surface area contributed by atoms with Crippen molar-refractivity contribution in [3.8, 4) is 0 Å². The highest BCUT2D eigenvalue weighted by Crippen LogP contribution is 2.21. The summed E-state index contributed by atoms with van der Waals surface area (Å²) >= 11 is 0. The quantitative estimate of drug-likeness (QED) is 0.804. The molecular formula is C14H18N2O5S. The molecule has 0 aliphatic heterocycles. The van der Waals surface area contributed by atoms with Crippen LogP contribution in [0.5, 0.6) is 0 Å². The fourth-order valence-corrected chi connectivity index (χ4v) is 3.73. The Kier molecular flexibility index (Phi) is 4.52. The van der Waals surface area contributed by atoms with Crippen LogP contribution in [-0.2, 0) is 20.6 Å². The Balaban J connectivity index is 2.12. The van der Waals surface area contributed by atoms with Gasteiger partial charge in [0.25, 0.3) is 0 Å². The Bertz CT molecular complexity index is 779. The summed E-state index contributed by atoms with van der Waals surface area (Å²) in [6.45, 7) is 3.29. The summed E-state index contributed by atoms with van der Waals surface area (Å²) in [6.07, 6.45) is 0.0868. The fourth-order valence-electron chi connectivity index (χ4n) is 2.15. The van der Waals surface area contributed by atoms with Crippen molar-refractivity contribution in [2.24, 2.45) is 0 Å². The van der Waals surface area contributed by atoms with Crippen LogP contribution in [0.1, 0.15) is 32.4 Å². The zero-order chi connectivity index (χ0) is 16.4. The average molecular weight is 326 g/mol. The van der Waals surface area contributed by atoms with Crippen LogP contribution in [0.2, 0.25) is 0 Å². The van der Waals surface area contributed by atoms with E-state index in [1.165, 1.54) is 0 Å². The molecule has 1 heterocycles. The summed E-state index contributed by atoms with van der Waals surface area (Å²) in [5.74, 6) is -1.28. The van der Waals surface area contributed by atoms with Gasteiger partial charge in [0, 0.05) is 17.3 Å². The Morgan fingerprint density at radius 3 is 2.73 bits per heavy atom. The number of hydrogen-bond acceptors (Lipinski definition) is 5. The highest BCUT2D eigenvalue weighted by Gasteiger charge is 2.27. The van der Waals surface area contributed by atoms with Crippen LogP contribution >= 0.6 is 0 Å². The molecule has 2 rings (SSSR count). The third kappa shape index (κ3) is 4.28. The monoisotopic (exact) mass is 326 g/mol. The molecule has 0 spiro atoms. The number of carbonyl (C=O) groups is 1. The average Bonchev–Trinajstić information content (AvgIpc) is 2.78. The second kappa shape index (κ2) is 6.05. The van der Waals surface area contributed by atoms with Crippen molar-refractivity contribution in [2.75, 3.05) is 0 Å². The molecule has 120 valence electrons. The van der Waals surface area contributed by atoms with Gasteiger partial charge in [-0.25, -0.2) is 13.1 Å². The first-order valence-electron chi connectivity index (χ1n) is 6.75. The highest BCUT2D eigenvalue weighted by atomic mass is 32.2. The standard InChI is InChI=1S/C14H18N2O5S/c1-14(2,8-7-13(17)18)16-22(19,20)9-11-10-5-3-4-6-12(10)21-15-11/h3-6,16H,7-9H2,1-2H3,(H,17,18). The van der Waals surface area contributed by atoms with E-state index in [1.54, 1.807) is 38.1 Å². The predicted octanol–water partition coefficient (Wildman–Crippen LogP) is 1.89. The fraction of sp³-hybridized carbons (Fsp3) is 0.429. The number of benzene rings is 1. The summed E-state index contributed by atoms with van der Waals surface area (Å²) in [4.78, 5) is 10.6. The Hall–Kier alpha value is -1.93. The van der Waals surface area contributed by atoms with Gasteiger partial charge in [0.15, 0.2) is 5.58 Å². The topological polar surface area (TPSA) is 110 Å². The number of nitrogens with one attached hydrogen (secondary N) is 1. The minimum atomic E-state index is -3.67.